The maximum absolute atomic E-state index is 11.4. The van der Waals surface area contributed by atoms with Crippen LogP contribution in [0.15, 0.2) is 60.8 Å². The van der Waals surface area contributed by atoms with Crippen LogP contribution in [0.3, 0.4) is 0 Å². The minimum Gasteiger partial charge on any atom is -0.329 e. The van der Waals surface area contributed by atoms with Crippen LogP contribution in [0.5, 0.6) is 0 Å². The first-order chi connectivity index (χ1) is 10.3. The Morgan fingerprint density at radius 2 is 1.81 bits per heavy atom. The molecule has 1 amide bonds. The molecule has 0 atom stereocenters. The van der Waals surface area contributed by atoms with E-state index in [-0.39, 0.29) is 0 Å². The van der Waals surface area contributed by atoms with Crippen LogP contribution in [0.25, 0.3) is 10.9 Å². The van der Waals surface area contributed by atoms with Gasteiger partial charge in [0.2, 0.25) is 6.41 Å². The number of carbonyl (C=O) groups is 1. The van der Waals surface area contributed by atoms with Gasteiger partial charge in [-0.3, -0.25) is 4.79 Å². The third-order valence-corrected chi connectivity index (χ3v) is 4.55. The van der Waals surface area contributed by atoms with E-state index >= 15 is 0 Å². The van der Waals surface area contributed by atoms with Crippen molar-refractivity contribution in [1.82, 2.24) is 9.47 Å². The lowest BCUT2D eigenvalue weighted by molar-refractivity contribution is -0.120. The van der Waals surface area contributed by atoms with Crippen molar-refractivity contribution in [3.05, 3.63) is 69.9 Å². The fraction of sp³-hybridized carbons (Fsp3) is 0.118. The van der Waals surface area contributed by atoms with E-state index in [1.54, 1.807) is 4.90 Å². The van der Waals surface area contributed by atoms with Crippen LogP contribution < -0.4 is 0 Å². The van der Waals surface area contributed by atoms with Crippen LogP contribution >= 0.6 is 22.6 Å². The predicted octanol–water partition coefficient (Wildman–Crippen LogP) is 3.86. The van der Waals surface area contributed by atoms with E-state index in [1.807, 2.05) is 30.5 Å². The van der Waals surface area contributed by atoms with Crippen LogP contribution in [0.1, 0.15) is 5.56 Å². The van der Waals surface area contributed by atoms with Crippen molar-refractivity contribution < 1.29 is 4.79 Å². The molecule has 0 aliphatic rings. The molecule has 3 nitrogen and oxygen atoms in total. The van der Waals surface area contributed by atoms with Crippen molar-refractivity contribution in [3.8, 4) is 0 Å². The summed E-state index contributed by atoms with van der Waals surface area (Å²) in [6.07, 6.45) is 2.94. The van der Waals surface area contributed by atoms with Crippen molar-refractivity contribution >= 4 is 39.9 Å². The largest absolute Gasteiger partial charge is 0.329 e. The summed E-state index contributed by atoms with van der Waals surface area (Å²) in [5.41, 5.74) is 2.31. The highest BCUT2D eigenvalue weighted by Crippen LogP contribution is 2.17. The van der Waals surface area contributed by atoms with Gasteiger partial charge < -0.3 is 9.47 Å². The third-order valence-electron chi connectivity index (χ3n) is 3.49. The molecule has 0 N–H and O–H groups in total. The normalized spacial score (nSPS) is 10.7. The molecule has 0 radical (unpaired) electrons. The molecule has 1 heterocycles. The Morgan fingerprint density at radius 1 is 1.05 bits per heavy atom. The highest BCUT2D eigenvalue weighted by atomic mass is 127. The molecule has 0 saturated carbocycles. The highest BCUT2D eigenvalue weighted by molar-refractivity contribution is 14.1. The lowest BCUT2D eigenvalue weighted by atomic mass is 10.2. The van der Waals surface area contributed by atoms with E-state index in [9.17, 15) is 4.79 Å². The molecule has 0 aliphatic carbocycles. The number of hydrogen-bond donors (Lipinski definition) is 0. The first-order valence-corrected chi connectivity index (χ1v) is 7.82. The Hall–Kier alpha value is -1.82. The van der Waals surface area contributed by atoms with E-state index in [4.69, 9.17) is 0 Å². The van der Waals surface area contributed by atoms with Gasteiger partial charge in [-0.25, -0.2) is 0 Å². The molecule has 1 aromatic heterocycles. The summed E-state index contributed by atoms with van der Waals surface area (Å²) in [4.78, 5) is 13.2. The topological polar surface area (TPSA) is 25.2 Å². The summed E-state index contributed by atoms with van der Waals surface area (Å²) in [5.74, 6) is 0. The van der Waals surface area contributed by atoms with Crippen LogP contribution in [-0.2, 0) is 18.0 Å². The number of hydrogen-bond acceptors (Lipinski definition) is 1. The van der Waals surface area contributed by atoms with E-state index in [2.05, 4.69) is 57.5 Å². The number of aromatic nitrogens is 1. The Labute approximate surface area is 137 Å². The summed E-state index contributed by atoms with van der Waals surface area (Å²) in [5, 5.41) is 1.19. The Bertz CT molecular complexity index is 766. The predicted molar refractivity (Wildman–Crippen MR) is 92.7 cm³/mol. The first-order valence-electron chi connectivity index (χ1n) is 6.74. The summed E-state index contributed by atoms with van der Waals surface area (Å²) in [6, 6.07) is 18.4. The third kappa shape index (κ3) is 3.10. The van der Waals surface area contributed by atoms with E-state index < -0.39 is 0 Å². The number of benzene rings is 2. The fourth-order valence-corrected chi connectivity index (χ4v) is 2.98. The van der Waals surface area contributed by atoms with Gasteiger partial charge in [-0.2, -0.15) is 0 Å². The molecule has 0 bridgehead atoms. The molecule has 0 saturated heterocycles. The lowest BCUT2D eigenvalue weighted by Crippen LogP contribution is -2.24. The number of carbonyl (C=O) groups excluding carboxylic acids is 1. The minimum atomic E-state index is 0.558. The molecule has 4 heteroatoms. The molecule has 106 valence electrons. The quantitative estimate of drug-likeness (QED) is 0.480. The van der Waals surface area contributed by atoms with Gasteiger partial charge in [0.15, 0.2) is 0 Å². The number of amides is 1. The zero-order chi connectivity index (χ0) is 14.7. The maximum Gasteiger partial charge on any atom is 0.211 e. The zero-order valence-electron chi connectivity index (χ0n) is 11.4. The van der Waals surface area contributed by atoms with Gasteiger partial charge in [0.1, 0.15) is 0 Å². The summed E-state index contributed by atoms with van der Waals surface area (Å²) in [7, 11) is 0. The molecule has 0 unspecified atom stereocenters. The average Bonchev–Trinajstić information content (AvgIpc) is 2.92. The van der Waals surface area contributed by atoms with Crippen molar-refractivity contribution in [1.29, 1.82) is 0 Å². The molecule has 21 heavy (non-hydrogen) atoms. The van der Waals surface area contributed by atoms with Crippen LogP contribution in [-0.4, -0.2) is 15.9 Å². The van der Waals surface area contributed by atoms with Gasteiger partial charge in [-0.1, -0.05) is 36.4 Å². The zero-order valence-corrected chi connectivity index (χ0v) is 13.6. The standard InChI is InChI=1S/C17H15IN2O/c18-16-7-3-1-6-15(16)11-19(13-21)12-20-10-9-14-5-2-4-8-17(14)20/h1-10,13H,11-12H2. The van der Waals surface area contributed by atoms with Crippen molar-refractivity contribution in [2.75, 3.05) is 0 Å². The Balaban J connectivity index is 1.82. The SMILES string of the molecule is O=CN(Cc1ccccc1I)Cn1ccc2ccccc21. The molecule has 3 aromatic rings. The Morgan fingerprint density at radius 3 is 2.62 bits per heavy atom. The van der Waals surface area contributed by atoms with Gasteiger partial charge in [0, 0.05) is 21.8 Å². The fourth-order valence-electron chi connectivity index (χ4n) is 2.43. The van der Waals surface area contributed by atoms with Crippen LogP contribution in [0.4, 0.5) is 0 Å². The van der Waals surface area contributed by atoms with E-state index in [0.29, 0.717) is 13.2 Å². The maximum atomic E-state index is 11.4. The number of fused-ring (bicyclic) bond motifs is 1. The first kappa shape index (κ1) is 14.1. The molecule has 0 fully saturated rings. The summed E-state index contributed by atoms with van der Waals surface area (Å²) < 4.78 is 3.28. The second kappa shape index (κ2) is 6.30. The summed E-state index contributed by atoms with van der Waals surface area (Å²) >= 11 is 2.30. The van der Waals surface area contributed by atoms with E-state index in [1.165, 1.54) is 14.5 Å². The van der Waals surface area contributed by atoms with Gasteiger partial charge in [-0.15, -0.1) is 0 Å². The number of para-hydroxylation sites is 1. The van der Waals surface area contributed by atoms with Crippen molar-refractivity contribution in [2.45, 2.75) is 13.2 Å². The number of nitrogens with zero attached hydrogens (tertiary/aromatic N) is 2. The molecular weight excluding hydrogens is 375 g/mol. The second-order valence-electron chi connectivity index (χ2n) is 4.93. The highest BCUT2D eigenvalue weighted by Gasteiger charge is 2.08. The van der Waals surface area contributed by atoms with Crippen molar-refractivity contribution in [3.63, 3.8) is 0 Å². The van der Waals surface area contributed by atoms with Gasteiger partial charge in [0.25, 0.3) is 0 Å². The smallest absolute Gasteiger partial charge is 0.211 e. The molecule has 0 aliphatic heterocycles. The van der Waals surface area contributed by atoms with Crippen LogP contribution in [0, 0.1) is 3.57 Å². The molecule has 0 spiro atoms. The summed E-state index contributed by atoms with van der Waals surface area (Å²) in [6.45, 7) is 1.18. The van der Waals surface area contributed by atoms with Gasteiger partial charge in [0.05, 0.1) is 6.67 Å². The monoisotopic (exact) mass is 390 g/mol. The number of rotatable bonds is 5. The number of halogens is 1. The second-order valence-corrected chi connectivity index (χ2v) is 6.09. The van der Waals surface area contributed by atoms with Gasteiger partial charge >= 0.3 is 0 Å². The minimum absolute atomic E-state index is 0.558. The van der Waals surface area contributed by atoms with E-state index in [0.717, 1.165) is 11.9 Å². The van der Waals surface area contributed by atoms with Gasteiger partial charge in [-0.05, 0) is 51.7 Å². The molecule has 3 rings (SSSR count). The molecule has 2 aromatic carbocycles. The van der Waals surface area contributed by atoms with Crippen LogP contribution in [0.2, 0.25) is 0 Å². The average molecular weight is 390 g/mol. The molecular formula is C17H15IN2O. The lowest BCUT2D eigenvalue weighted by Gasteiger charge is -2.19. The Kier molecular flexibility index (Phi) is 4.24. The van der Waals surface area contributed by atoms with Crippen molar-refractivity contribution in [2.24, 2.45) is 0 Å².